The molecule has 5 nitrogen and oxygen atoms in total. The number of anilines is 1. The molecular formula is C20H24N2O3S. The highest BCUT2D eigenvalue weighted by atomic mass is 32.2. The molecule has 2 aromatic rings. The Morgan fingerprint density at radius 2 is 1.85 bits per heavy atom. The fourth-order valence-corrected chi connectivity index (χ4v) is 4.22. The second-order valence-electron chi connectivity index (χ2n) is 6.72. The highest BCUT2D eigenvalue weighted by Crippen LogP contribution is 2.26. The summed E-state index contributed by atoms with van der Waals surface area (Å²) in [6.45, 7) is 3.89. The normalized spacial score (nSPS) is 14.5. The lowest BCUT2D eigenvalue weighted by Gasteiger charge is -2.15. The number of para-hydroxylation sites is 1. The zero-order chi connectivity index (χ0) is 18.7. The van der Waals surface area contributed by atoms with Crippen LogP contribution in [0.5, 0.6) is 0 Å². The largest absolute Gasteiger partial charge is 0.350 e. The van der Waals surface area contributed by atoms with Gasteiger partial charge in [-0.3, -0.25) is 9.52 Å². The van der Waals surface area contributed by atoms with Crippen LogP contribution in [0.4, 0.5) is 5.69 Å². The van der Waals surface area contributed by atoms with E-state index in [4.69, 9.17) is 0 Å². The van der Waals surface area contributed by atoms with Gasteiger partial charge < -0.3 is 5.32 Å². The van der Waals surface area contributed by atoms with E-state index in [0.29, 0.717) is 5.56 Å². The molecule has 0 radical (unpaired) electrons. The highest BCUT2D eigenvalue weighted by molar-refractivity contribution is 7.92. The van der Waals surface area contributed by atoms with E-state index >= 15 is 0 Å². The Morgan fingerprint density at radius 3 is 2.62 bits per heavy atom. The van der Waals surface area contributed by atoms with E-state index in [1.165, 1.54) is 5.56 Å². The van der Waals surface area contributed by atoms with Gasteiger partial charge in [0.25, 0.3) is 15.9 Å². The zero-order valence-corrected chi connectivity index (χ0v) is 15.9. The Labute approximate surface area is 154 Å². The van der Waals surface area contributed by atoms with Gasteiger partial charge in [-0.15, -0.1) is 0 Å². The van der Waals surface area contributed by atoms with E-state index in [0.717, 1.165) is 31.2 Å². The van der Waals surface area contributed by atoms with Crippen LogP contribution in [0.15, 0.2) is 47.4 Å². The molecule has 1 aliphatic carbocycles. The van der Waals surface area contributed by atoms with Crippen molar-refractivity contribution in [3.05, 3.63) is 59.2 Å². The van der Waals surface area contributed by atoms with Crippen LogP contribution < -0.4 is 10.0 Å². The van der Waals surface area contributed by atoms with Crippen LogP contribution in [0.1, 0.15) is 48.2 Å². The van der Waals surface area contributed by atoms with Crippen molar-refractivity contribution in [2.75, 3.05) is 4.72 Å². The number of carbonyl (C=O) groups is 1. The van der Waals surface area contributed by atoms with Gasteiger partial charge in [0.1, 0.15) is 0 Å². The van der Waals surface area contributed by atoms with Crippen molar-refractivity contribution in [3.63, 3.8) is 0 Å². The van der Waals surface area contributed by atoms with Gasteiger partial charge in [0, 0.05) is 6.04 Å². The lowest BCUT2D eigenvalue weighted by atomic mass is 10.1. The van der Waals surface area contributed by atoms with E-state index in [2.05, 4.69) is 10.0 Å². The molecule has 26 heavy (non-hydrogen) atoms. The van der Waals surface area contributed by atoms with Crippen molar-refractivity contribution in [3.8, 4) is 0 Å². The summed E-state index contributed by atoms with van der Waals surface area (Å²) in [5, 5.41) is 2.87. The summed E-state index contributed by atoms with van der Waals surface area (Å²) in [4.78, 5) is 12.7. The van der Waals surface area contributed by atoms with Gasteiger partial charge in [-0.25, -0.2) is 8.42 Å². The number of amides is 1. The van der Waals surface area contributed by atoms with Crippen molar-refractivity contribution in [1.82, 2.24) is 5.32 Å². The molecule has 0 bridgehead atoms. The summed E-state index contributed by atoms with van der Waals surface area (Å²) in [5.41, 5.74) is 2.92. The molecule has 0 saturated carbocycles. The van der Waals surface area contributed by atoms with E-state index in [1.54, 1.807) is 36.4 Å². The molecule has 0 saturated heterocycles. The predicted octanol–water partition coefficient (Wildman–Crippen LogP) is 3.50. The molecule has 3 rings (SSSR count). The first-order valence-corrected chi connectivity index (χ1v) is 10.4. The molecule has 2 aromatic carbocycles. The molecule has 138 valence electrons. The molecule has 1 aliphatic rings. The highest BCUT2D eigenvalue weighted by Gasteiger charge is 2.21. The predicted molar refractivity (Wildman–Crippen MR) is 103 cm³/mol. The number of nitrogens with one attached hydrogen (secondary N) is 2. The SMILES string of the molecule is CCC(C)NC(=O)c1ccccc1NS(=O)(=O)c1ccc2c(c1)CCC2. The summed E-state index contributed by atoms with van der Waals surface area (Å²) in [7, 11) is -3.75. The summed E-state index contributed by atoms with van der Waals surface area (Å²) in [6, 6.07) is 11.9. The number of hydrogen-bond donors (Lipinski definition) is 2. The van der Waals surface area contributed by atoms with Crippen LogP contribution in [0.2, 0.25) is 0 Å². The van der Waals surface area contributed by atoms with Crippen molar-refractivity contribution < 1.29 is 13.2 Å². The number of aryl methyl sites for hydroxylation is 2. The van der Waals surface area contributed by atoms with Crippen molar-refractivity contribution in [1.29, 1.82) is 0 Å². The monoisotopic (exact) mass is 372 g/mol. The van der Waals surface area contributed by atoms with Gasteiger partial charge in [-0.1, -0.05) is 25.1 Å². The van der Waals surface area contributed by atoms with Crippen LogP contribution in [0, 0.1) is 0 Å². The Balaban J connectivity index is 1.87. The van der Waals surface area contributed by atoms with Gasteiger partial charge in [0.2, 0.25) is 0 Å². The molecule has 0 heterocycles. The lowest BCUT2D eigenvalue weighted by molar-refractivity contribution is 0.0940. The van der Waals surface area contributed by atoms with Gasteiger partial charge in [0.05, 0.1) is 16.1 Å². The third-order valence-corrected chi connectivity index (χ3v) is 6.15. The molecule has 0 spiro atoms. The number of sulfonamides is 1. The third kappa shape index (κ3) is 3.90. The van der Waals surface area contributed by atoms with Crippen LogP contribution in [0.3, 0.4) is 0 Å². The Morgan fingerprint density at radius 1 is 1.12 bits per heavy atom. The molecule has 1 unspecified atom stereocenters. The Hall–Kier alpha value is -2.34. The fraction of sp³-hybridized carbons (Fsp3) is 0.350. The number of rotatable bonds is 6. The van der Waals surface area contributed by atoms with Crippen molar-refractivity contribution >= 4 is 21.6 Å². The topological polar surface area (TPSA) is 75.3 Å². The first-order valence-electron chi connectivity index (χ1n) is 8.95. The average molecular weight is 372 g/mol. The van der Waals surface area contributed by atoms with Gasteiger partial charge in [0.15, 0.2) is 0 Å². The smallest absolute Gasteiger partial charge is 0.261 e. The average Bonchev–Trinajstić information content (AvgIpc) is 3.09. The zero-order valence-electron chi connectivity index (χ0n) is 15.1. The van der Waals surface area contributed by atoms with E-state index in [1.807, 2.05) is 19.9 Å². The number of hydrogen-bond acceptors (Lipinski definition) is 3. The fourth-order valence-electron chi connectivity index (χ4n) is 3.09. The standard InChI is InChI=1S/C20H24N2O3S/c1-3-14(2)21-20(23)18-9-4-5-10-19(18)22-26(24,25)17-12-11-15-7-6-8-16(15)13-17/h4-5,9-14,22H,3,6-8H2,1-2H3,(H,21,23). The summed E-state index contributed by atoms with van der Waals surface area (Å²) < 4.78 is 28.2. The van der Waals surface area contributed by atoms with Crippen LogP contribution in [-0.2, 0) is 22.9 Å². The molecule has 6 heteroatoms. The quantitative estimate of drug-likeness (QED) is 0.815. The minimum absolute atomic E-state index is 0.0175. The lowest BCUT2D eigenvalue weighted by Crippen LogP contribution is -2.32. The van der Waals surface area contributed by atoms with E-state index in [-0.39, 0.29) is 22.5 Å². The van der Waals surface area contributed by atoms with Crippen LogP contribution >= 0.6 is 0 Å². The van der Waals surface area contributed by atoms with Crippen molar-refractivity contribution in [2.45, 2.75) is 50.5 Å². The first-order chi connectivity index (χ1) is 12.4. The minimum Gasteiger partial charge on any atom is -0.350 e. The van der Waals surface area contributed by atoms with Crippen LogP contribution in [-0.4, -0.2) is 20.4 Å². The Bertz CT molecular complexity index is 922. The first kappa shape index (κ1) is 18.5. The third-order valence-electron chi connectivity index (χ3n) is 4.79. The second kappa shape index (κ2) is 7.50. The maximum absolute atomic E-state index is 12.8. The van der Waals surface area contributed by atoms with Crippen molar-refractivity contribution in [2.24, 2.45) is 0 Å². The van der Waals surface area contributed by atoms with E-state index < -0.39 is 10.0 Å². The maximum atomic E-state index is 12.8. The number of benzene rings is 2. The molecule has 0 aromatic heterocycles. The van der Waals surface area contributed by atoms with Gasteiger partial charge >= 0.3 is 0 Å². The summed E-state index contributed by atoms with van der Waals surface area (Å²) in [5.74, 6) is -0.286. The molecular weight excluding hydrogens is 348 g/mol. The molecule has 0 fully saturated rings. The Kier molecular flexibility index (Phi) is 5.32. The maximum Gasteiger partial charge on any atom is 0.261 e. The van der Waals surface area contributed by atoms with Gasteiger partial charge in [-0.05, 0) is 68.0 Å². The molecule has 1 atom stereocenters. The van der Waals surface area contributed by atoms with Crippen LogP contribution in [0.25, 0.3) is 0 Å². The molecule has 1 amide bonds. The molecule has 2 N–H and O–H groups in total. The second-order valence-corrected chi connectivity index (χ2v) is 8.40. The minimum atomic E-state index is -3.75. The number of carbonyl (C=O) groups excluding carboxylic acids is 1. The number of fused-ring (bicyclic) bond motifs is 1. The summed E-state index contributed by atoms with van der Waals surface area (Å²) >= 11 is 0. The van der Waals surface area contributed by atoms with E-state index in [9.17, 15) is 13.2 Å². The summed E-state index contributed by atoms with van der Waals surface area (Å²) in [6.07, 6.45) is 3.77. The van der Waals surface area contributed by atoms with Gasteiger partial charge in [-0.2, -0.15) is 0 Å². The molecule has 0 aliphatic heterocycles.